The van der Waals surface area contributed by atoms with Gasteiger partial charge in [-0.2, -0.15) is 0 Å². The molecular formula is C11H24O2. The minimum atomic E-state index is 0.326. The first kappa shape index (κ1) is 12.9. The van der Waals surface area contributed by atoms with E-state index in [4.69, 9.17) is 9.84 Å². The maximum absolute atomic E-state index is 8.60. The second-order valence-corrected chi connectivity index (χ2v) is 3.57. The molecule has 0 aliphatic heterocycles. The van der Waals surface area contributed by atoms with Gasteiger partial charge < -0.3 is 9.84 Å². The normalized spacial score (nSPS) is 13.2. The largest absolute Gasteiger partial charge is 0.396 e. The van der Waals surface area contributed by atoms with Crippen LogP contribution < -0.4 is 0 Å². The number of unbranched alkanes of at least 4 members (excludes halogenated alkanes) is 3. The summed E-state index contributed by atoms with van der Waals surface area (Å²) in [6, 6.07) is 0. The number of aliphatic hydroxyl groups is 1. The second-order valence-electron chi connectivity index (χ2n) is 3.57. The molecule has 0 saturated heterocycles. The Morgan fingerprint density at radius 3 is 2.31 bits per heavy atom. The topological polar surface area (TPSA) is 29.5 Å². The number of methoxy groups -OCH3 is 1. The van der Waals surface area contributed by atoms with E-state index in [9.17, 15) is 0 Å². The summed E-state index contributed by atoms with van der Waals surface area (Å²) in [4.78, 5) is 0. The molecule has 0 bridgehead atoms. The Morgan fingerprint density at radius 1 is 1.08 bits per heavy atom. The predicted octanol–water partition coefficient (Wildman–Crippen LogP) is 2.74. The van der Waals surface area contributed by atoms with Crippen molar-refractivity contribution in [2.45, 2.75) is 58.0 Å². The zero-order chi connectivity index (χ0) is 9.94. The van der Waals surface area contributed by atoms with Gasteiger partial charge in [0.05, 0.1) is 6.10 Å². The molecule has 0 aromatic heterocycles. The molecule has 0 radical (unpaired) electrons. The van der Waals surface area contributed by atoms with Crippen LogP contribution in [-0.2, 0) is 4.74 Å². The fraction of sp³-hybridized carbons (Fsp3) is 1.00. The molecule has 0 aromatic carbocycles. The number of hydrogen-bond donors (Lipinski definition) is 1. The van der Waals surface area contributed by atoms with E-state index < -0.39 is 0 Å². The second kappa shape index (κ2) is 10.0. The highest BCUT2D eigenvalue weighted by Gasteiger charge is 2.05. The zero-order valence-corrected chi connectivity index (χ0v) is 9.09. The fourth-order valence-corrected chi connectivity index (χ4v) is 1.47. The quantitative estimate of drug-likeness (QED) is 0.564. The van der Waals surface area contributed by atoms with Gasteiger partial charge in [0.15, 0.2) is 0 Å². The van der Waals surface area contributed by atoms with Gasteiger partial charge in [-0.25, -0.2) is 0 Å². The molecule has 0 aliphatic rings. The van der Waals surface area contributed by atoms with Gasteiger partial charge in [0.1, 0.15) is 0 Å². The van der Waals surface area contributed by atoms with E-state index in [1.54, 1.807) is 7.11 Å². The van der Waals surface area contributed by atoms with Crippen LogP contribution in [0.3, 0.4) is 0 Å². The van der Waals surface area contributed by atoms with Crippen molar-refractivity contribution < 1.29 is 9.84 Å². The van der Waals surface area contributed by atoms with Crippen LogP contribution in [0.5, 0.6) is 0 Å². The summed E-state index contributed by atoms with van der Waals surface area (Å²) in [5.74, 6) is 0. The van der Waals surface area contributed by atoms with Gasteiger partial charge in [0.25, 0.3) is 0 Å². The molecule has 0 aliphatic carbocycles. The lowest BCUT2D eigenvalue weighted by atomic mass is 10.1. The minimum absolute atomic E-state index is 0.326. The average molecular weight is 188 g/mol. The highest BCUT2D eigenvalue weighted by atomic mass is 16.5. The van der Waals surface area contributed by atoms with E-state index in [0.717, 1.165) is 19.3 Å². The van der Waals surface area contributed by atoms with Crippen molar-refractivity contribution in [1.29, 1.82) is 0 Å². The molecule has 80 valence electrons. The van der Waals surface area contributed by atoms with Crippen molar-refractivity contribution in [2.75, 3.05) is 13.7 Å². The monoisotopic (exact) mass is 188 g/mol. The first-order chi connectivity index (χ1) is 6.35. The minimum Gasteiger partial charge on any atom is -0.396 e. The van der Waals surface area contributed by atoms with Crippen LogP contribution in [0.4, 0.5) is 0 Å². The van der Waals surface area contributed by atoms with E-state index >= 15 is 0 Å². The lowest BCUT2D eigenvalue weighted by molar-refractivity contribution is 0.0832. The molecule has 2 heteroatoms. The van der Waals surface area contributed by atoms with Crippen LogP contribution in [0.1, 0.15) is 51.9 Å². The highest BCUT2D eigenvalue weighted by molar-refractivity contribution is 4.57. The number of rotatable bonds is 9. The Labute approximate surface area is 82.3 Å². The predicted molar refractivity (Wildman–Crippen MR) is 55.9 cm³/mol. The lowest BCUT2D eigenvalue weighted by Crippen LogP contribution is -2.10. The number of hydrogen-bond acceptors (Lipinski definition) is 2. The first-order valence-corrected chi connectivity index (χ1v) is 5.48. The Morgan fingerprint density at radius 2 is 1.77 bits per heavy atom. The zero-order valence-electron chi connectivity index (χ0n) is 9.09. The third-order valence-corrected chi connectivity index (χ3v) is 2.40. The van der Waals surface area contributed by atoms with Crippen LogP contribution in [-0.4, -0.2) is 24.9 Å². The van der Waals surface area contributed by atoms with Crippen molar-refractivity contribution in [3.63, 3.8) is 0 Å². The summed E-state index contributed by atoms with van der Waals surface area (Å²) in [6.07, 6.45) is 8.53. The number of aliphatic hydroxyl groups excluding tert-OH is 1. The lowest BCUT2D eigenvalue weighted by Gasteiger charge is -2.14. The van der Waals surface area contributed by atoms with Gasteiger partial charge >= 0.3 is 0 Å². The van der Waals surface area contributed by atoms with Crippen molar-refractivity contribution in [3.8, 4) is 0 Å². The fourth-order valence-electron chi connectivity index (χ4n) is 1.47. The van der Waals surface area contributed by atoms with Gasteiger partial charge in [-0.1, -0.05) is 32.6 Å². The maximum atomic E-state index is 8.60. The number of ether oxygens (including phenoxy) is 1. The summed E-state index contributed by atoms with van der Waals surface area (Å²) in [7, 11) is 1.80. The maximum Gasteiger partial charge on any atom is 0.0571 e. The van der Waals surface area contributed by atoms with Crippen molar-refractivity contribution in [2.24, 2.45) is 0 Å². The molecular weight excluding hydrogens is 164 g/mol. The molecule has 0 rings (SSSR count). The smallest absolute Gasteiger partial charge is 0.0571 e. The van der Waals surface area contributed by atoms with Crippen molar-refractivity contribution >= 4 is 0 Å². The Hall–Kier alpha value is -0.0800. The SMILES string of the molecule is CCCC[C@H](CCCCCO)OC. The third-order valence-electron chi connectivity index (χ3n) is 2.40. The van der Waals surface area contributed by atoms with Crippen LogP contribution in [0.25, 0.3) is 0 Å². The summed E-state index contributed by atoms with van der Waals surface area (Å²) in [5, 5.41) is 8.60. The molecule has 0 spiro atoms. The van der Waals surface area contributed by atoms with Gasteiger partial charge in [-0.3, -0.25) is 0 Å². The van der Waals surface area contributed by atoms with E-state index in [2.05, 4.69) is 6.92 Å². The third kappa shape index (κ3) is 8.26. The molecule has 0 aromatic rings. The van der Waals surface area contributed by atoms with Crippen LogP contribution >= 0.6 is 0 Å². The van der Waals surface area contributed by atoms with E-state index in [0.29, 0.717) is 12.7 Å². The molecule has 1 atom stereocenters. The molecule has 0 amide bonds. The highest BCUT2D eigenvalue weighted by Crippen LogP contribution is 2.12. The van der Waals surface area contributed by atoms with Crippen LogP contribution in [0.2, 0.25) is 0 Å². The Balaban J connectivity index is 3.25. The van der Waals surface area contributed by atoms with E-state index in [1.165, 1.54) is 25.7 Å². The molecule has 0 fully saturated rings. The molecule has 2 nitrogen and oxygen atoms in total. The Kier molecular flexibility index (Phi) is 9.94. The first-order valence-electron chi connectivity index (χ1n) is 5.48. The van der Waals surface area contributed by atoms with Crippen molar-refractivity contribution in [3.05, 3.63) is 0 Å². The molecule has 1 N–H and O–H groups in total. The summed E-state index contributed by atoms with van der Waals surface area (Å²) >= 11 is 0. The Bertz CT molecular complexity index is 94.1. The van der Waals surface area contributed by atoms with Gasteiger partial charge in [0, 0.05) is 13.7 Å². The van der Waals surface area contributed by atoms with Crippen LogP contribution in [0.15, 0.2) is 0 Å². The van der Waals surface area contributed by atoms with E-state index in [1.807, 2.05) is 0 Å². The molecule has 0 saturated carbocycles. The molecule has 0 heterocycles. The standard InChI is InChI=1S/C11H24O2/c1-3-4-8-11(13-2)9-6-5-7-10-12/h11-12H,3-10H2,1-2H3/t11-/m1/s1. The molecule has 0 unspecified atom stereocenters. The summed E-state index contributed by atoms with van der Waals surface area (Å²) in [6.45, 7) is 2.53. The van der Waals surface area contributed by atoms with Gasteiger partial charge in [0.2, 0.25) is 0 Å². The van der Waals surface area contributed by atoms with Gasteiger partial charge in [-0.15, -0.1) is 0 Å². The van der Waals surface area contributed by atoms with E-state index in [-0.39, 0.29) is 0 Å². The van der Waals surface area contributed by atoms with Gasteiger partial charge in [-0.05, 0) is 19.3 Å². The average Bonchev–Trinajstić information content (AvgIpc) is 2.17. The summed E-state index contributed by atoms with van der Waals surface area (Å²) in [5.41, 5.74) is 0. The summed E-state index contributed by atoms with van der Waals surface area (Å²) < 4.78 is 5.37. The van der Waals surface area contributed by atoms with Crippen molar-refractivity contribution in [1.82, 2.24) is 0 Å². The molecule has 13 heavy (non-hydrogen) atoms. The van der Waals surface area contributed by atoms with Crippen LogP contribution in [0, 0.1) is 0 Å².